The second kappa shape index (κ2) is 7.28. The summed E-state index contributed by atoms with van der Waals surface area (Å²) in [5, 5.41) is 3.45. The van der Waals surface area contributed by atoms with Crippen molar-refractivity contribution < 1.29 is 9.47 Å². The lowest BCUT2D eigenvalue weighted by Crippen LogP contribution is -2.44. The number of benzene rings is 1. The second-order valence-electron chi connectivity index (χ2n) is 8.18. The van der Waals surface area contributed by atoms with E-state index in [0.29, 0.717) is 12.6 Å². The molecule has 2 aliphatic heterocycles. The van der Waals surface area contributed by atoms with E-state index in [2.05, 4.69) is 33.1 Å². The van der Waals surface area contributed by atoms with E-state index in [1.807, 2.05) is 12.5 Å². The van der Waals surface area contributed by atoms with Crippen molar-refractivity contribution in [3.8, 4) is 5.75 Å². The molecule has 2 aromatic rings. The summed E-state index contributed by atoms with van der Waals surface area (Å²) in [4.78, 5) is 4.37. The van der Waals surface area contributed by atoms with Gasteiger partial charge in [-0.1, -0.05) is 18.9 Å². The Morgan fingerprint density at radius 2 is 2.07 bits per heavy atom. The first-order chi connectivity index (χ1) is 13.3. The zero-order chi connectivity index (χ0) is 18.1. The quantitative estimate of drug-likeness (QED) is 0.895. The van der Waals surface area contributed by atoms with Crippen molar-refractivity contribution in [2.24, 2.45) is 0 Å². The molecule has 1 saturated heterocycles. The predicted molar refractivity (Wildman–Crippen MR) is 104 cm³/mol. The third-order valence-corrected chi connectivity index (χ3v) is 6.58. The molecular formula is C22H29N3O2. The van der Waals surface area contributed by atoms with Gasteiger partial charge in [0.15, 0.2) is 0 Å². The summed E-state index contributed by atoms with van der Waals surface area (Å²) < 4.78 is 14.8. The Labute approximate surface area is 161 Å². The molecule has 144 valence electrons. The Balaban J connectivity index is 1.32. The minimum atomic E-state index is -0.0849. The minimum Gasteiger partial charge on any atom is -0.487 e. The molecule has 3 aliphatic rings. The predicted octanol–water partition coefficient (Wildman–Crippen LogP) is 3.73. The van der Waals surface area contributed by atoms with E-state index in [-0.39, 0.29) is 5.60 Å². The molecule has 1 aliphatic carbocycles. The number of nitrogens with one attached hydrogen (secondary N) is 1. The molecule has 0 bridgehead atoms. The molecule has 27 heavy (non-hydrogen) atoms. The Hall–Kier alpha value is -1.85. The lowest BCUT2D eigenvalue weighted by molar-refractivity contribution is -0.0802. The van der Waals surface area contributed by atoms with Crippen molar-refractivity contribution in [1.29, 1.82) is 0 Å². The van der Waals surface area contributed by atoms with Crippen molar-refractivity contribution in [3.05, 3.63) is 47.5 Å². The number of ether oxygens (including phenoxy) is 2. The number of piperidine rings is 1. The maximum Gasteiger partial charge on any atom is 0.130 e. The first-order valence-electron chi connectivity index (χ1n) is 10.5. The second-order valence-corrected chi connectivity index (χ2v) is 8.18. The highest BCUT2D eigenvalue weighted by Crippen LogP contribution is 2.41. The Morgan fingerprint density at radius 3 is 2.93 bits per heavy atom. The van der Waals surface area contributed by atoms with Crippen LogP contribution in [0.5, 0.6) is 5.75 Å². The number of hydrogen-bond donors (Lipinski definition) is 1. The highest BCUT2D eigenvalue weighted by Gasteiger charge is 2.38. The molecule has 1 aromatic heterocycles. The van der Waals surface area contributed by atoms with Crippen molar-refractivity contribution in [3.63, 3.8) is 0 Å². The zero-order valence-corrected chi connectivity index (χ0v) is 16.0. The minimum absolute atomic E-state index is 0.0849. The van der Waals surface area contributed by atoms with Gasteiger partial charge in [0.25, 0.3) is 0 Å². The number of hydrogen-bond acceptors (Lipinski definition) is 4. The van der Waals surface area contributed by atoms with Crippen LogP contribution in [-0.2, 0) is 23.4 Å². The van der Waals surface area contributed by atoms with Crippen LogP contribution < -0.4 is 10.1 Å². The lowest BCUT2D eigenvalue weighted by Gasteiger charge is -2.42. The zero-order valence-electron chi connectivity index (χ0n) is 16.0. The molecule has 0 atom stereocenters. The van der Waals surface area contributed by atoms with Gasteiger partial charge in [0.1, 0.15) is 12.4 Å². The van der Waals surface area contributed by atoms with Gasteiger partial charge in [-0.15, -0.1) is 0 Å². The average Bonchev–Trinajstić information content (AvgIpc) is 3.39. The van der Waals surface area contributed by atoms with Gasteiger partial charge in [0.2, 0.25) is 0 Å². The Bertz CT molecular complexity index is 789. The van der Waals surface area contributed by atoms with Gasteiger partial charge in [0, 0.05) is 6.04 Å². The summed E-state index contributed by atoms with van der Waals surface area (Å²) in [6, 6.07) is 7.20. The fraction of sp³-hybridized carbons (Fsp3) is 0.591. The van der Waals surface area contributed by atoms with Crippen LogP contribution >= 0.6 is 0 Å². The molecule has 1 aromatic carbocycles. The topological polar surface area (TPSA) is 48.3 Å². The van der Waals surface area contributed by atoms with Crippen LogP contribution in [0.25, 0.3) is 0 Å². The lowest BCUT2D eigenvalue weighted by atomic mass is 9.80. The molecule has 0 unspecified atom stereocenters. The molecule has 5 heteroatoms. The molecule has 0 amide bonds. The van der Waals surface area contributed by atoms with Crippen LogP contribution in [0.3, 0.4) is 0 Å². The molecule has 0 radical (unpaired) electrons. The number of rotatable bonds is 4. The van der Waals surface area contributed by atoms with E-state index >= 15 is 0 Å². The van der Waals surface area contributed by atoms with Gasteiger partial charge in [-0.25, -0.2) is 4.98 Å². The van der Waals surface area contributed by atoms with Crippen LogP contribution in [0.4, 0.5) is 0 Å². The van der Waals surface area contributed by atoms with Crippen molar-refractivity contribution in [2.75, 3.05) is 19.7 Å². The maximum absolute atomic E-state index is 6.27. The number of aromatic nitrogens is 2. The molecule has 2 fully saturated rings. The van der Waals surface area contributed by atoms with E-state index in [0.717, 1.165) is 44.7 Å². The average molecular weight is 367 g/mol. The highest BCUT2D eigenvalue weighted by molar-refractivity contribution is 5.41. The Morgan fingerprint density at radius 1 is 1.22 bits per heavy atom. The number of imidazole rings is 1. The van der Waals surface area contributed by atoms with Gasteiger partial charge in [-0.05, 0) is 68.5 Å². The first kappa shape index (κ1) is 17.3. The molecule has 1 N–H and O–H groups in total. The monoisotopic (exact) mass is 367 g/mol. The fourth-order valence-electron chi connectivity index (χ4n) is 5.10. The largest absolute Gasteiger partial charge is 0.487 e. The van der Waals surface area contributed by atoms with E-state index in [1.165, 1.54) is 42.5 Å². The molecule has 5 rings (SSSR count). The van der Waals surface area contributed by atoms with Gasteiger partial charge in [-0.2, -0.15) is 0 Å². The van der Waals surface area contributed by atoms with Gasteiger partial charge in [0.05, 0.1) is 30.4 Å². The van der Waals surface area contributed by atoms with Crippen molar-refractivity contribution in [1.82, 2.24) is 14.9 Å². The summed E-state index contributed by atoms with van der Waals surface area (Å²) in [7, 11) is 0. The van der Waals surface area contributed by atoms with Crippen molar-refractivity contribution >= 4 is 0 Å². The molecule has 1 saturated carbocycles. The van der Waals surface area contributed by atoms with E-state index in [9.17, 15) is 0 Å². The van der Waals surface area contributed by atoms with E-state index < -0.39 is 0 Å². The molecule has 1 spiro atoms. The maximum atomic E-state index is 6.27. The summed E-state index contributed by atoms with van der Waals surface area (Å²) in [6.45, 7) is 3.46. The summed E-state index contributed by atoms with van der Waals surface area (Å²) in [6.07, 6.45) is 12.2. The third kappa shape index (κ3) is 3.27. The fourth-order valence-corrected chi connectivity index (χ4v) is 5.10. The Kier molecular flexibility index (Phi) is 4.66. The normalized spacial score (nSPS) is 22.1. The first-order valence-corrected chi connectivity index (χ1v) is 10.5. The smallest absolute Gasteiger partial charge is 0.130 e. The molecule has 3 heterocycles. The SMILES string of the molecule is c1cc2c(cc1OCc1cncn1C1CCCC1)CCOC21CCNCC1. The van der Waals surface area contributed by atoms with Gasteiger partial charge in [-0.3, -0.25) is 0 Å². The summed E-state index contributed by atoms with van der Waals surface area (Å²) in [5.74, 6) is 0.957. The van der Waals surface area contributed by atoms with Crippen LogP contribution in [0.2, 0.25) is 0 Å². The van der Waals surface area contributed by atoms with Gasteiger partial charge >= 0.3 is 0 Å². The van der Waals surface area contributed by atoms with Crippen LogP contribution in [0.15, 0.2) is 30.7 Å². The van der Waals surface area contributed by atoms with E-state index in [4.69, 9.17) is 9.47 Å². The molecular weight excluding hydrogens is 338 g/mol. The van der Waals surface area contributed by atoms with Crippen LogP contribution in [0.1, 0.15) is 61.4 Å². The van der Waals surface area contributed by atoms with E-state index in [1.54, 1.807) is 0 Å². The standard InChI is InChI=1S/C22H29N3O2/c1-2-4-18(3-1)25-16-24-14-19(25)15-26-20-5-6-21-17(13-20)7-12-27-22(21)8-10-23-11-9-22/h5-6,13-14,16,18,23H,1-4,7-12,15H2. The van der Waals surface area contributed by atoms with Gasteiger partial charge < -0.3 is 19.4 Å². The highest BCUT2D eigenvalue weighted by atomic mass is 16.5. The summed E-state index contributed by atoms with van der Waals surface area (Å²) in [5.41, 5.74) is 3.86. The molecule has 5 nitrogen and oxygen atoms in total. The number of nitrogens with zero attached hydrogens (tertiary/aromatic N) is 2. The summed E-state index contributed by atoms with van der Waals surface area (Å²) >= 11 is 0. The van der Waals surface area contributed by atoms with Crippen molar-refractivity contribution in [2.45, 2.75) is 63.2 Å². The van der Waals surface area contributed by atoms with Crippen LogP contribution in [0, 0.1) is 0 Å². The number of fused-ring (bicyclic) bond motifs is 2. The van der Waals surface area contributed by atoms with Crippen LogP contribution in [-0.4, -0.2) is 29.2 Å². The third-order valence-electron chi connectivity index (χ3n) is 6.58.